The molecule has 0 radical (unpaired) electrons. The van der Waals surface area contributed by atoms with Crippen molar-refractivity contribution in [3.63, 3.8) is 0 Å². The first-order chi connectivity index (χ1) is 11.2. The molecule has 0 spiro atoms. The van der Waals surface area contributed by atoms with Crippen LogP contribution < -0.4 is 10.6 Å². The third-order valence-electron chi connectivity index (χ3n) is 3.99. The first-order valence-corrected chi connectivity index (χ1v) is 8.92. The van der Waals surface area contributed by atoms with Gasteiger partial charge in [0, 0.05) is 49.9 Å². The maximum atomic E-state index is 12.2. The van der Waals surface area contributed by atoms with Gasteiger partial charge in [-0.25, -0.2) is 4.98 Å². The smallest absolute Gasteiger partial charge is 0.267 e. The molecule has 140 valence electrons. The van der Waals surface area contributed by atoms with Gasteiger partial charge in [0.1, 0.15) is 5.69 Å². The van der Waals surface area contributed by atoms with E-state index in [1.54, 1.807) is 11.3 Å². The van der Waals surface area contributed by atoms with Gasteiger partial charge in [-0.05, 0) is 26.0 Å². The van der Waals surface area contributed by atoms with E-state index in [1.807, 2.05) is 24.6 Å². The Hall–Kier alpha value is -1.12. The quantitative estimate of drug-likeness (QED) is 0.644. The molecular formula is C16H25Cl2N5OS. The topological polar surface area (TPSA) is 73.0 Å². The monoisotopic (exact) mass is 405 g/mol. The molecule has 3 N–H and O–H groups in total. The molecule has 0 atom stereocenters. The molecule has 0 saturated carbocycles. The van der Waals surface area contributed by atoms with Gasteiger partial charge in [0.15, 0.2) is 0 Å². The summed E-state index contributed by atoms with van der Waals surface area (Å²) in [6.07, 6.45) is 2.81. The van der Waals surface area contributed by atoms with Crippen molar-refractivity contribution in [3.05, 3.63) is 28.3 Å². The van der Waals surface area contributed by atoms with Crippen molar-refractivity contribution in [2.45, 2.75) is 13.3 Å². The second-order valence-electron chi connectivity index (χ2n) is 5.75. The fraction of sp³-hybridized carbons (Fsp3) is 0.500. The van der Waals surface area contributed by atoms with Gasteiger partial charge in [-0.3, -0.25) is 4.79 Å². The zero-order valence-electron chi connectivity index (χ0n) is 14.2. The molecule has 3 heterocycles. The molecule has 0 aromatic carbocycles. The SMILES string of the molecule is Cc1nc(-c2c[nH]c(C(=O)NCCCN3CCNCC3)c2)cs1.Cl.Cl. The Balaban J connectivity index is 0.00000156. The first-order valence-electron chi connectivity index (χ1n) is 8.04. The van der Waals surface area contributed by atoms with Gasteiger partial charge in [-0.2, -0.15) is 0 Å². The van der Waals surface area contributed by atoms with Crippen LogP contribution in [-0.4, -0.2) is 60.0 Å². The fourth-order valence-electron chi connectivity index (χ4n) is 2.70. The highest BCUT2D eigenvalue weighted by atomic mass is 35.5. The van der Waals surface area contributed by atoms with Crippen molar-refractivity contribution >= 4 is 42.1 Å². The molecule has 3 rings (SSSR count). The third kappa shape index (κ3) is 6.27. The lowest BCUT2D eigenvalue weighted by atomic mass is 10.2. The van der Waals surface area contributed by atoms with Gasteiger partial charge in [0.25, 0.3) is 5.91 Å². The van der Waals surface area contributed by atoms with Crippen LogP contribution in [0.2, 0.25) is 0 Å². The van der Waals surface area contributed by atoms with Crippen LogP contribution in [0, 0.1) is 6.92 Å². The van der Waals surface area contributed by atoms with E-state index in [9.17, 15) is 4.79 Å². The number of aryl methyl sites for hydroxylation is 1. The number of carbonyl (C=O) groups excluding carboxylic acids is 1. The average molecular weight is 406 g/mol. The van der Waals surface area contributed by atoms with Crippen molar-refractivity contribution in [2.24, 2.45) is 0 Å². The largest absolute Gasteiger partial charge is 0.357 e. The Morgan fingerprint density at radius 2 is 2.12 bits per heavy atom. The molecule has 9 heteroatoms. The Morgan fingerprint density at radius 1 is 1.36 bits per heavy atom. The van der Waals surface area contributed by atoms with Crippen molar-refractivity contribution in [1.29, 1.82) is 0 Å². The number of hydrogen-bond acceptors (Lipinski definition) is 5. The van der Waals surface area contributed by atoms with Crippen molar-refractivity contribution in [2.75, 3.05) is 39.3 Å². The number of aromatic nitrogens is 2. The van der Waals surface area contributed by atoms with Crippen LogP contribution in [-0.2, 0) is 0 Å². The Labute approximate surface area is 164 Å². The lowest BCUT2D eigenvalue weighted by molar-refractivity contribution is 0.0947. The summed E-state index contributed by atoms with van der Waals surface area (Å²) in [6.45, 7) is 8.04. The molecule has 0 aliphatic carbocycles. The van der Waals surface area contributed by atoms with E-state index in [0.717, 1.165) is 55.4 Å². The highest BCUT2D eigenvalue weighted by molar-refractivity contribution is 7.09. The van der Waals surface area contributed by atoms with Gasteiger partial charge in [-0.15, -0.1) is 36.2 Å². The van der Waals surface area contributed by atoms with Crippen LogP contribution in [0.15, 0.2) is 17.6 Å². The number of nitrogens with zero attached hydrogens (tertiary/aromatic N) is 2. The number of H-pyrrole nitrogens is 1. The second-order valence-corrected chi connectivity index (χ2v) is 6.82. The van der Waals surface area contributed by atoms with E-state index in [0.29, 0.717) is 12.2 Å². The number of piperazine rings is 1. The van der Waals surface area contributed by atoms with E-state index in [-0.39, 0.29) is 30.7 Å². The molecule has 2 aromatic rings. The highest BCUT2D eigenvalue weighted by Gasteiger charge is 2.12. The van der Waals surface area contributed by atoms with E-state index in [1.165, 1.54) is 0 Å². The number of thiazole rings is 1. The van der Waals surface area contributed by atoms with Gasteiger partial charge in [-0.1, -0.05) is 0 Å². The molecule has 1 amide bonds. The Bertz CT molecular complexity index is 655. The molecule has 1 saturated heterocycles. The molecule has 2 aromatic heterocycles. The minimum absolute atomic E-state index is 0. The van der Waals surface area contributed by atoms with Crippen LogP contribution in [0.25, 0.3) is 11.3 Å². The predicted molar refractivity (Wildman–Crippen MR) is 107 cm³/mol. The van der Waals surface area contributed by atoms with E-state index in [4.69, 9.17) is 0 Å². The maximum Gasteiger partial charge on any atom is 0.267 e. The van der Waals surface area contributed by atoms with Crippen molar-refractivity contribution in [1.82, 2.24) is 25.5 Å². The van der Waals surface area contributed by atoms with Crippen LogP contribution in [0.1, 0.15) is 21.9 Å². The summed E-state index contributed by atoms with van der Waals surface area (Å²) in [6, 6.07) is 1.86. The summed E-state index contributed by atoms with van der Waals surface area (Å²) < 4.78 is 0. The molecule has 6 nitrogen and oxygen atoms in total. The summed E-state index contributed by atoms with van der Waals surface area (Å²) in [5.41, 5.74) is 2.47. The minimum Gasteiger partial charge on any atom is -0.357 e. The van der Waals surface area contributed by atoms with Crippen molar-refractivity contribution in [3.8, 4) is 11.3 Å². The molecular weight excluding hydrogens is 381 g/mol. The summed E-state index contributed by atoms with van der Waals surface area (Å²) >= 11 is 1.61. The molecule has 1 aliphatic rings. The third-order valence-corrected chi connectivity index (χ3v) is 4.76. The number of rotatable bonds is 6. The first kappa shape index (κ1) is 21.9. The lowest BCUT2D eigenvalue weighted by Gasteiger charge is -2.27. The predicted octanol–water partition coefficient (Wildman–Crippen LogP) is 2.32. The summed E-state index contributed by atoms with van der Waals surface area (Å²) in [5, 5.41) is 9.36. The number of halogens is 2. The van der Waals surface area contributed by atoms with E-state index < -0.39 is 0 Å². The highest BCUT2D eigenvalue weighted by Crippen LogP contribution is 2.22. The van der Waals surface area contributed by atoms with Crippen LogP contribution in [0.3, 0.4) is 0 Å². The zero-order chi connectivity index (χ0) is 16.1. The fourth-order valence-corrected chi connectivity index (χ4v) is 3.33. The number of hydrogen-bond donors (Lipinski definition) is 3. The van der Waals surface area contributed by atoms with Crippen molar-refractivity contribution < 1.29 is 4.79 Å². The van der Waals surface area contributed by atoms with Crippen LogP contribution in [0.4, 0.5) is 0 Å². The molecule has 0 bridgehead atoms. The van der Waals surface area contributed by atoms with Gasteiger partial charge in [0.2, 0.25) is 0 Å². The zero-order valence-corrected chi connectivity index (χ0v) is 16.7. The van der Waals surface area contributed by atoms with Gasteiger partial charge >= 0.3 is 0 Å². The van der Waals surface area contributed by atoms with E-state index >= 15 is 0 Å². The number of nitrogens with one attached hydrogen (secondary N) is 3. The normalized spacial score (nSPS) is 14.4. The second kappa shape index (κ2) is 10.8. The Morgan fingerprint density at radius 3 is 2.80 bits per heavy atom. The summed E-state index contributed by atoms with van der Waals surface area (Å²) in [7, 11) is 0. The molecule has 25 heavy (non-hydrogen) atoms. The van der Waals surface area contributed by atoms with Crippen LogP contribution >= 0.6 is 36.2 Å². The number of carbonyl (C=O) groups is 1. The standard InChI is InChI=1S/C16H23N5OS.2ClH/c1-12-20-15(11-23-12)13-9-14(19-10-13)16(22)18-3-2-6-21-7-4-17-5-8-21;;/h9-11,17,19H,2-8H2,1H3,(H,18,22);2*1H. The Kier molecular flexibility index (Phi) is 9.45. The van der Waals surface area contributed by atoms with E-state index in [2.05, 4.69) is 25.5 Å². The lowest BCUT2D eigenvalue weighted by Crippen LogP contribution is -2.44. The van der Waals surface area contributed by atoms with Crippen LogP contribution in [0.5, 0.6) is 0 Å². The average Bonchev–Trinajstić information content (AvgIpc) is 3.21. The summed E-state index contributed by atoms with van der Waals surface area (Å²) in [4.78, 5) is 22.1. The number of amides is 1. The summed E-state index contributed by atoms with van der Waals surface area (Å²) in [5.74, 6) is -0.0523. The molecule has 1 fully saturated rings. The molecule has 0 unspecified atom stereocenters. The minimum atomic E-state index is -0.0523. The maximum absolute atomic E-state index is 12.2. The molecule has 1 aliphatic heterocycles. The van der Waals surface area contributed by atoms with Gasteiger partial charge in [0.05, 0.1) is 10.7 Å². The van der Waals surface area contributed by atoms with Gasteiger partial charge < -0.3 is 20.5 Å². The number of aromatic amines is 1.